The summed E-state index contributed by atoms with van der Waals surface area (Å²) in [5.74, 6) is 0.627. The number of esters is 1. The summed E-state index contributed by atoms with van der Waals surface area (Å²) in [4.78, 5) is 15.5. The third kappa shape index (κ3) is 2.41. The predicted octanol–water partition coefficient (Wildman–Crippen LogP) is 1.03. The van der Waals surface area contributed by atoms with Crippen LogP contribution in [0.15, 0.2) is 30.6 Å². The van der Waals surface area contributed by atoms with Crippen molar-refractivity contribution in [1.29, 1.82) is 0 Å². The van der Waals surface area contributed by atoms with Crippen LogP contribution in [0, 0.1) is 0 Å². The molecule has 2 N–H and O–H groups in total. The molecular formula is C11H12N4O2. The molecule has 2 heterocycles. The minimum absolute atomic E-state index is 0.344. The van der Waals surface area contributed by atoms with Crippen LogP contribution in [0.5, 0.6) is 0 Å². The topological polar surface area (TPSA) is 83.0 Å². The molecule has 2 aromatic heterocycles. The van der Waals surface area contributed by atoms with Gasteiger partial charge in [-0.1, -0.05) is 0 Å². The van der Waals surface area contributed by atoms with Crippen LogP contribution in [-0.2, 0) is 4.74 Å². The van der Waals surface area contributed by atoms with Gasteiger partial charge in [-0.25, -0.2) is 14.5 Å². The molecular weight excluding hydrogens is 220 g/mol. The molecule has 6 heteroatoms. The van der Waals surface area contributed by atoms with Crippen LogP contribution in [0.25, 0.3) is 5.82 Å². The van der Waals surface area contributed by atoms with Crippen LogP contribution < -0.4 is 5.73 Å². The zero-order valence-corrected chi connectivity index (χ0v) is 9.33. The molecule has 0 atom stereocenters. The molecule has 0 fully saturated rings. The van der Waals surface area contributed by atoms with E-state index in [0.717, 1.165) is 0 Å². The number of carbonyl (C=O) groups is 1. The molecule has 2 rings (SSSR count). The second-order valence-corrected chi connectivity index (χ2v) is 3.31. The molecule has 17 heavy (non-hydrogen) atoms. The Bertz CT molecular complexity index is 519. The summed E-state index contributed by atoms with van der Waals surface area (Å²) in [6.07, 6.45) is 3.15. The molecule has 6 nitrogen and oxygen atoms in total. The molecule has 0 aliphatic rings. The van der Waals surface area contributed by atoms with Gasteiger partial charge < -0.3 is 10.5 Å². The zero-order valence-electron chi connectivity index (χ0n) is 9.33. The van der Waals surface area contributed by atoms with Crippen LogP contribution in [0.4, 0.5) is 5.82 Å². The molecule has 0 saturated heterocycles. The number of rotatable bonds is 3. The van der Waals surface area contributed by atoms with Gasteiger partial charge in [-0.15, -0.1) is 5.10 Å². The van der Waals surface area contributed by atoms with Crippen molar-refractivity contribution in [3.05, 3.63) is 36.2 Å². The fourth-order valence-electron chi connectivity index (χ4n) is 1.32. The summed E-state index contributed by atoms with van der Waals surface area (Å²) < 4.78 is 6.39. The number of anilines is 1. The fourth-order valence-corrected chi connectivity index (χ4v) is 1.32. The Kier molecular flexibility index (Phi) is 3.04. The van der Waals surface area contributed by atoms with Crippen molar-refractivity contribution in [1.82, 2.24) is 14.8 Å². The highest BCUT2D eigenvalue weighted by molar-refractivity contribution is 5.89. The van der Waals surface area contributed by atoms with Crippen molar-refractivity contribution in [2.75, 3.05) is 12.3 Å². The molecule has 0 unspecified atom stereocenters. The SMILES string of the molecule is CCOC(=O)c1ccc(-n2ccc(N)n2)nc1. The quantitative estimate of drug-likeness (QED) is 0.799. The van der Waals surface area contributed by atoms with Gasteiger partial charge in [0.2, 0.25) is 0 Å². The Balaban J connectivity index is 2.21. The lowest BCUT2D eigenvalue weighted by Crippen LogP contribution is -2.06. The molecule has 0 bridgehead atoms. The molecule has 0 aliphatic heterocycles. The molecule has 0 amide bonds. The van der Waals surface area contributed by atoms with Gasteiger partial charge in [0.15, 0.2) is 5.82 Å². The summed E-state index contributed by atoms with van der Waals surface area (Å²) in [5, 5.41) is 4.01. The lowest BCUT2D eigenvalue weighted by Gasteiger charge is -2.03. The first kappa shape index (κ1) is 11.1. The Morgan fingerprint density at radius 1 is 1.47 bits per heavy atom. The number of nitrogen functional groups attached to an aromatic ring is 1. The summed E-state index contributed by atoms with van der Waals surface area (Å²) in [5.41, 5.74) is 5.91. The molecule has 2 aromatic rings. The Hall–Kier alpha value is -2.37. The monoisotopic (exact) mass is 232 g/mol. The van der Waals surface area contributed by atoms with Crippen molar-refractivity contribution >= 4 is 11.8 Å². The van der Waals surface area contributed by atoms with Crippen molar-refractivity contribution < 1.29 is 9.53 Å². The molecule has 0 saturated carbocycles. The van der Waals surface area contributed by atoms with E-state index in [-0.39, 0.29) is 5.97 Å². The normalized spacial score (nSPS) is 10.2. The van der Waals surface area contributed by atoms with Crippen LogP contribution >= 0.6 is 0 Å². The van der Waals surface area contributed by atoms with Gasteiger partial charge in [-0.2, -0.15) is 0 Å². The number of pyridine rings is 1. The Labute approximate surface area is 98.0 Å². The predicted molar refractivity (Wildman–Crippen MR) is 61.7 cm³/mol. The minimum atomic E-state index is -0.383. The van der Waals surface area contributed by atoms with E-state index < -0.39 is 0 Å². The third-order valence-corrected chi connectivity index (χ3v) is 2.10. The number of aromatic nitrogens is 3. The number of nitrogens with two attached hydrogens (primary N) is 1. The summed E-state index contributed by atoms with van der Waals surface area (Å²) in [7, 11) is 0. The molecule has 0 spiro atoms. The lowest BCUT2D eigenvalue weighted by molar-refractivity contribution is 0.0526. The van der Waals surface area contributed by atoms with E-state index in [2.05, 4.69) is 10.1 Å². The molecule has 88 valence electrons. The average Bonchev–Trinajstić information content (AvgIpc) is 2.76. The van der Waals surface area contributed by atoms with E-state index in [0.29, 0.717) is 23.8 Å². The number of ether oxygens (including phenoxy) is 1. The Morgan fingerprint density at radius 3 is 2.82 bits per heavy atom. The van der Waals surface area contributed by atoms with Crippen LogP contribution in [0.3, 0.4) is 0 Å². The smallest absolute Gasteiger partial charge is 0.339 e. The van der Waals surface area contributed by atoms with Gasteiger partial charge in [0.25, 0.3) is 0 Å². The van der Waals surface area contributed by atoms with Crippen LogP contribution in [-0.4, -0.2) is 27.3 Å². The van der Waals surface area contributed by atoms with E-state index in [1.54, 1.807) is 31.3 Å². The van der Waals surface area contributed by atoms with Crippen molar-refractivity contribution in [2.24, 2.45) is 0 Å². The highest BCUT2D eigenvalue weighted by Crippen LogP contribution is 2.07. The van der Waals surface area contributed by atoms with E-state index in [1.165, 1.54) is 10.9 Å². The fraction of sp³-hybridized carbons (Fsp3) is 0.182. The van der Waals surface area contributed by atoms with E-state index in [9.17, 15) is 4.79 Å². The number of hydrogen-bond acceptors (Lipinski definition) is 5. The molecule has 0 aromatic carbocycles. The highest BCUT2D eigenvalue weighted by Gasteiger charge is 2.07. The van der Waals surface area contributed by atoms with Crippen LogP contribution in [0.2, 0.25) is 0 Å². The lowest BCUT2D eigenvalue weighted by atomic mass is 10.3. The van der Waals surface area contributed by atoms with Crippen molar-refractivity contribution in [2.45, 2.75) is 6.92 Å². The molecule has 0 radical (unpaired) electrons. The van der Waals surface area contributed by atoms with Gasteiger partial charge in [0, 0.05) is 18.5 Å². The highest BCUT2D eigenvalue weighted by atomic mass is 16.5. The second-order valence-electron chi connectivity index (χ2n) is 3.31. The first-order valence-electron chi connectivity index (χ1n) is 5.15. The summed E-state index contributed by atoms with van der Waals surface area (Å²) >= 11 is 0. The summed E-state index contributed by atoms with van der Waals surface area (Å²) in [6, 6.07) is 4.98. The largest absolute Gasteiger partial charge is 0.462 e. The van der Waals surface area contributed by atoms with E-state index >= 15 is 0 Å². The van der Waals surface area contributed by atoms with Crippen LogP contribution in [0.1, 0.15) is 17.3 Å². The maximum absolute atomic E-state index is 11.4. The minimum Gasteiger partial charge on any atom is -0.462 e. The van der Waals surface area contributed by atoms with E-state index in [1.807, 2.05) is 0 Å². The van der Waals surface area contributed by atoms with Crippen molar-refractivity contribution in [3.63, 3.8) is 0 Å². The van der Waals surface area contributed by atoms with Gasteiger partial charge in [0.05, 0.1) is 12.2 Å². The van der Waals surface area contributed by atoms with Crippen molar-refractivity contribution in [3.8, 4) is 5.82 Å². The maximum Gasteiger partial charge on any atom is 0.339 e. The third-order valence-electron chi connectivity index (χ3n) is 2.10. The van der Waals surface area contributed by atoms with Gasteiger partial charge in [0.1, 0.15) is 5.82 Å². The van der Waals surface area contributed by atoms with Gasteiger partial charge >= 0.3 is 5.97 Å². The van der Waals surface area contributed by atoms with E-state index in [4.69, 9.17) is 10.5 Å². The average molecular weight is 232 g/mol. The standard InChI is InChI=1S/C11H12N4O2/c1-2-17-11(16)8-3-4-10(13-7-8)15-6-5-9(12)14-15/h3-7H,2H2,1H3,(H2,12,14). The Morgan fingerprint density at radius 2 is 2.29 bits per heavy atom. The molecule has 0 aliphatic carbocycles. The summed E-state index contributed by atoms with van der Waals surface area (Å²) in [6.45, 7) is 2.10. The van der Waals surface area contributed by atoms with Gasteiger partial charge in [-0.05, 0) is 19.1 Å². The number of hydrogen-bond donors (Lipinski definition) is 1. The number of nitrogens with zero attached hydrogens (tertiary/aromatic N) is 3. The zero-order chi connectivity index (χ0) is 12.3. The number of carbonyl (C=O) groups excluding carboxylic acids is 1. The second kappa shape index (κ2) is 4.65. The first-order valence-corrected chi connectivity index (χ1v) is 5.15. The first-order chi connectivity index (χ1) is 8.20. The van der Waals surface area contributed by atoms with Gasteiger partial charge in [-0.3, -0.25) is 0 Å². The maximum atomic E-state index is 11.4.